The number of amides is 1. The van der Waals surface area contributed by atoms with Gasteiger partial charge in [0.15, 0.2) is 5.69 Å². The van der Waals surface area contributed by atoms with Crippen LogP contribution >= 0.6 is 34.8 Å². The first-order valence-corrected chi connectivity index (χ1v) is 14.9. The summed E-state index contributed by atoms with van der Waals surface area (Å²) in [4.78, 5) is 14.9. The number of carbonyl (C=O) groups is 1. The van der Waals surface area contributed by atoms with E-state index in [0.717, 1.165) is 12.1 Å². The number of aliphatic hydroxyl groups excluding tert-OH is 1. The Morgan fingerprint density at radius 1 is 1.06 bits per heavy atom. The Morgan fingerprint density at radius 3 is 2.22 bits per heavy atom. The maximum absolute atomic E-state index is 13.2. The lowest BCUT2D eigenvalue weighted by Gasteiger charge is -2.35. The van der Waals surface area contributed by atoms with Crippen LogP contribution in [0.3, 0.4) is 0 Å². The fourth-order valence-corrected chi connectivity index (χ4v) is 6.24. The number of hydrogen-bond donors (Lipinski definition) is 3. The van der Waals surface area contributed by atoms with E-state index in [1.807, 2.05) is 0 Å². The fraction of sp³-hybridized carbons (Fsp3) is 0.304. The molecule has 0 unspecified atom stereocenters. The Bertz CT molecular complexity index is 1040. The molecule has 5 nitrogen and oxygen atoms in total. The van der Waals surface area contributed by atoms with Crippen LogP contribution in [-0.2, 0) is 4.79 Å². The van der Waals surface area contributed by atoms with Gasteiger partial charge in [0.2, 0.25) is 0 Å². The van der Waals surface area contributed by atoms with Gasteiger partial charge in [0.05, 0.1) is 20.3 Å². The second-order valence-corrected chi connectivity index (χ2v) is 15.3. The number of carbonyl (C=O) groups excluding carboxylic acids is 1. The van der Waals surface area contributed by atoms with E-state index in [1.54, 1.807) is 52.7 Å². The monoisotopic (exact) mass is 510 g/mol. The first kappa shape index (κ1) is 25.0. The maximum atomic E-state index is 13.2. The molecule has 0 radical (unpaired) electrons. The molecular weight excluding hydrogens is 485 g/mol. The Kier molecular flexibility index (Phi) is 8.19. The molecule has 0 saturated carbocycles. The first-order chi connectivity index (χ1) is 15.1. The molecule has 1 saturated heterocycles. The van der Waals surface area contributed by atoms with Gasteiger partial charge in [-0.3, -0.25) is 15.5 Å². The van der Waals surface area contributed by atoms with E-state index in [4.69, 9.17) is 40.2 Å². The van der Waals surface area contributed by atoms with Gasteiger partial charge in [-0.05, 0) is 48.5 Å². The largest absolute Gasteiger partial charge is 0.391 e. The maximum Gasteiger partial charge on any atom is 0.272 e. The first-order valence-electron chi connectivity index (χ1n) is 10.4. The van der Waals surface area contributed by atoms with Gasteiger partial charge in [-0.1, -0.05) is 47.9 Å². The highest BCUT2D eigenvalue weighted by Crippen LogP contribution is 2.26. The molecule has 9 heteroatoms. The Hall–Kier alpha value is -1.67. The molecule has 2 aromatic carbocycles. The molecular formula is C23H27Cl3N3O2Si+. The second-order valence-electron chi connectivity index (χ2n) is 8.70. The van der Waals surface area contributed by atoms with Crippen molar-refractivity contribution in [3.05, 3.63) is 68.7 Å². The minimum absolute atomic E-state index is 0.208. The van der Waals surface area contributed by atoms with Crippen molar-refractivity contribution in [1.82, 2.24) is 4.90 Å². The highest BCUT2D eigenvalue weighted by Gasteiger charge is 2.33. The van der Waals surface area contributed by atoms with Gasteiger partial charge in [0.25, 0.3) is 5.91 Å². The molecule has 1 aliphatic heterocycles. The Balaban J connectivity index is 2.00. The molecule has 0 aromatic heterocycles. The van der Waals surface area contributed by atoms with Crippen molar-refractivity contribution in [2.75, 3.05) is 19.7 Å². The number of quaternary nitrogens is 1. The van der Waals surface area contributed by atoms with Crippen LogP contribution in [0.2, 0.25) is 40.3 Å². The van der Waals surface area contributed by atoms with Crippen molar-refractivity contribution in [2.45, 2.75) is 25.2 Å². The van der Waals surface area contributed by atoms with Crippen molar-refractivity contribution < 1.29 is 15.2 Å². The molecule has 1 fully saturated rings. The van der Waals surface area contributed by atoms with Crippen LogP contribution in [0.25, 0.3) is 5.70 Å². The molecule has 0 spiro atoms. The van der Waals surface area contributed by atoms with E-state index in [2.05, 4.69) is 13.1 Å². The topological polar surface area (TPSA) is 81.0 Å². The van der Waals surface area contributed by atoms with Crippen LogP contribution in [0.15, 0.2) is 48.0 Å². The lowest BCUT2D eigenvalue weighted by atomic mass is 10.0. The van der Waals surface area contributed by atoms with Crippen molar-refractivity contribution >= 4 is 65.9 Å². The zero-order valence-corrected chi connectivity index (χ0v) is 21.4. The summed E-state index contributed by atoms with van der Waals surface area (Å²) in [7, 11) is -1.26. The normalized spacial score (nSPS) is 16.5. The van der Waals surface area contributed by atoms with Crippen molar-refractivity contribution in [3.63, 3.8) is 0 Å². The molecule has 0 aliphatic carbocycles. The molecule has 0 atom stereocenters. The minimum atomic E-state index is -1.26. The SMILES string of the molecule is C[Si]1(C)CCN(C(=O)C(=N)/C(CO)=C(\[NH2+]c2ccc(Cl)cc2Cl)c2ccc(Cl)cc2)CC1. The standard InChI is InChI=1S/C23H26Cl3N3O2Si/c1-32(2)11-9-29(10-12-32)23(31)21(27)18(14-30)22(15-3-5-16(24)6-4-15)28-20-8-7-17(25)13-19(20)26/h3-8,13,27-28,30H,9-12,14H2,1-2H3/p+1/b22-18-,27-21?. The number of nitrogens with zero attached hydrogens (tertiary/aromatic N) is 1. The zero-order valence-electron chi connectivity index (χ0n) is 18.1. The summed E-state index contributed by atoms with van der Waals surface area (Å²) in [6.07, 6.45) is 0. The Morgan fingerprint density at radius 2 is 1.66 bits per heavy atom. The van der Waals surface area contributed by atoms with E-state index in [0.29, 0.717) is 45.1 Å². The lowest BCUT2D eigenvalue weighted by molar-refractivity contribution is -0.469. The van der Waals surface area contributed by atoms with Crippen LogP contribution < -0.4 is 5.32 Å². The summed E-state index contributed by atoms with van der Waals surface area (Å²) in [5.41, 5.74) is 1.95. The summed E-state index contributed by atoms with van der Waals surface area (Å²) >= 11 is 18.5. The quantitative estimate of drug-likeness (QED) is 0.295. The third-order valence-electron chi connectivity index (χ3n) is 5.82. The summed E-state index contributed by atoms with van der Waals surface area (Å²) in [5, 5.41) is 22.2. The van der Waals surface area contributed by atoms with Crippen LogP contribution in [0.1, 0.15) is 5.56 Å². The fourth-order valence-electron chi connectivity index (χ4n) is 3.65. The molecule has 3 rings (SSSR count). The van der Waals surface area contributed by atoms with Crippen LogP contribution in [-0.4, -0.2) is 49.4 Å². The number of nitrogens with one attached hydrogen (secondary N) is 1. The van der Waals surface area contributed by atoms with Crippen molar-refractivity contribution in [1.29, 1.82) is 5.41 Å². The smallest absolute Gasteiger partial charge is 0.272 e. The second kappa shape index (κ2) is 10.5. The number of nitrogens with two attached hydrogens (primary N) is 1. The van der Waals surface area contributed by atoms with Crippen molar-refractivity contribution in [2.24, 2.45) is 0 Å². The zero-order chi connectivity index (χ0) is 23.5. The number of hydrogen-bond acceptors (Lipinski definition) is 3. The van der Waals surface area contributed by atoms with Crippen LogP contribution in [0.4, 0.5) is 5.69 Å². The van der Waals surface area contributed by atoms with E-state index >= 15 is 0 Å². The van der Waals surface area contributed by atoms with E-state index in [1.165, 1.54) is 0 Å². The molecule has 1 aliphatic rings. The van der Waals surface area contributed by atoms with Gasteiger partial charge in [0, 0.05) is 34.8 Å². The summed E-state index contributed by atoms with van der Waals surface area (Å²) in [5.74, 6) is -0.361. The van der Waals surface area contributed by atoms with Gasteiger partial charge in [-0.15, -0.1) is 0 Å². The van der Waals surface area contributed by atoms with Gasteiger partial charge < -0.3 is 10.0 Å². The van der Waals surface area contributed by atoms with E-state index in [-0.39, 0.29) is 17.2 Å². The lowest BCUT2D eigenvalue weighted by Crippen LogP contribution is -2.75. The molecule has 2 aromatic rings. The third-order valence-corrected chi connectivity index (χ3v) is 9.79. The van der Waals surface area contributed by atoms with Gasteiger partial charge in [-0.25, -0.2) is 0 Å². The van der Waals surface area contributed by atoms with Gasteiger partial charge >= 0.3 is 0 Å². The predicted octanol–water partition coefficient (Wildman–Crippen LogP) is 4.82. The van der Waals surface area contributed by atoms with Crippen LogP contribution in [0.5, 0.6) is 0 Å². The molecule has 170 valence electrons. The average molecular weight is 512 g/mol. The molecule has 32 heavy (non-hydrogen) atoms. The number of halogens is 3. The van der Waals surface area contributed by atoms with Crippen molar-refractivity contribution in [3.8, 4) is 0 Å². The Labute approximate surface area is 204 Å². The summed E-state index contributed by atoms with van der Waals surface area (Å²) < 4.78 is 0. The van der Waals surface area contributed by atoms with Gasteiger partial charge in [-0.2, -0.15) is 0 Å². The number of rotatable bonds is 6. The third kappa shape index (κ3) is 6.01. The highest BCUT2D eigenvalue weighted by atomic mass is 35.5. The predicted molar refractivity (Wildman–Crippen MR) is 135 cm³/mol. The summed E-state index contributed by atoms with van der Waals surface area (Å²) in [6.45, 7) is 5.49. The van der Waals surface area contributed by atoms with Crippen LogP contribution in [0, 0.1) is 5.41 Å². The molecule has 0 bridgehead atoms. The molecule has 1 heterocycles. The van der Waals surface area contributed by atoms with E-state index < -0.39 is 14.7 Å². The summed E-state index contributed by atoms with van der Waals surface area (Å²) in [6, 6.07) is 14.2. The highest BCUT2D eigenvalue weighted by molar-refractivity contribution is 6.77. The van der Waals surface area contributed by atoms with Gasteiger partial charge in [0.1, 0.15) is 16.4 Å². The minimum Gasteiger partial charge on any atom is -0.391 e. The molecule has 4 N–H and O–H groups in total. The number of benzene rings is 2. The average Bonchev–Trinajstić information content (AvgIpc) is 2.75. The number of aliphatic hydroxyl groups is 1. The molecule has 1 amide bonds. The van der Waals surface area contributed by atoms with E-state index in [9.17, 15) is 9.90 Å².